The van der Waals surface area contributed by atoms with Gasteiger partial charge in [-0.3, -0.25) is 0 Å². The molecule has 0 amide bonds. The van der Waals surface area contributed by atoms with Crippen LogP contribution in [0.3, 0.4) is 0 Å². The Balaban J connectivity index is 1.40. The molecular formula is C39H47NO. The average molecular weight is 546 g/mol. The van der Waals surface area contributed by atoms with Crippen LogP contribution in [-0.2, 0) is 15.8 Å². The lowest BCUT2D eigenvalue weighted by molar-refractivity contribution is -0.105. The second-order valence-electron chi connectivity index (χ2n) is 11.9. The Morgan fingerprint density at radius 1 is 0.707 bits per heavy atom. The molecule has 0 aromatic heterocycles. The zero-order chi connectivity index (χ0) is 28.4. The summed E-state index contributed by atoms with van der Waals surface area (Å²) in [5.41, 5.74) is 5.00. The Bertz CT molecular complexity index is 1190. The van der Waals surface area contributed by atoms with Crippen molar-refractivity contribution >= 4 is 0 Å². The zero-order valence-electron chi connectivity index (χ0n) is 25.1. The molecule has 1 saturated heterocycles. The maximum atomic E-state index is 6.85. The zero-order valence-corrected chi connectivity index (χ0v) is 25.1. The molecule has 2 heteroatoms. The van der Waals surface area contributed by atoms with Crippen molar-refractivity contribution in [1.82, 2.24) is 4.90 Å². The summed E-state index contributed by atoms with van der Waals surface area (Å²) < 4.78 is 6.85. The summed E-state index contributed by atoms with van der Waals surface area (Å²) in [5.74, 6) is 0. The highest BCUT2D eigenvalue weighted by Crippen LogP contribution is 2.44. The van der Waals surface area contributed by atoms with Crippen LogP contribution in [0.2, 0.25) is 0 Å². The Morgan fingerprint density at radius 3 is 1.71 bits per heavy atom. The normalized spacial score (nSPS) is 19.7. The largest absolute Gasteiger partial charge is 0.370 e. The Morgan fingerprint density at radius 2 is 1.22 bits per heavy atom. The van der Waals surface area contributed by atoms with Gasteiger partial charge in [-0.15, -0.1) is 0 Å². The van der Waals surface area contributed by atoms with E-state index in [1.807, 2.05) is 0 Å². The van der Waals surface area contributed by atoms with Gasteiger partial charge in [0.05, 0.1) is 5.60 Å². The van der Waals surface area contributed by atoms with Crippen LogP contribution in [-0.4, -0.2) is 30.6 Å². The number of piperidine rings is 1. The molecule has 0 saturated carbocycles. The summed E-state index contributed by atoms with van der Waals surface area (Å²) in [6.07, 6.45) is 8.03. The summed E-state index contributed by atoms with van der Waals surface area (Å²) in [5, 5.41) is 0. The molecule has 0 aliphatic carbocycles. The van der Waals surface area contributed by atoms with Crippen molar-refractivity contribution in [3.63, 3.8) is 0 Å². The quantitative estimate of drug-likeness (QED) is 0.123. The molecule has 2 unspecified atom stereocenters. The number of hydrogen-bond donors (Lipinski definition) is 0. The molecule has 0 N–H and O–H groups in total. The molecule has 1 heterocycles. The molecular weight excluding hydrogens is 498 g/mol. The van der Waals surface area contributed by atoms with Crippen LogP contribution in [0.4, 0.5) is 0 Å². The molecule has 4 aromatic rings. The second kappa shape index (κ2) is 14.1. The predicted octanol–water partition coefficient (Wildman–Crippen LogP) is 9.39. The summed E-state index contributed by atoms with van der Waals surface area (Å²) in [6, 6.07) is 44.8. The van der Waals surface area contributed by atoms with E-state index in [1.54, 1.807) is 0 Å². The molecule has 0 spiro atoms. The fourth-order valence-corrected chi connectivity index (χ4v) is 7.01. The summed E-state index contributed by atoms with van der Waals surface area (Å²) in [6.45, 7) is 7.60. The van der Waals surface area contributed by atoms with Crippen LogP contribution >= 0.6 is 0 Å². The first-order valence-electron chi connectivity index (χ1n) is 15.8. The van der Waals surface area contributed by atoms with Gasteiger partial charge in [0.1, 0.15) is 0 Å². The first kappa shape index (κ1) is 29.3. The number of benzene rings is 4. The van der Waals surface area contributed by atoms with Crippen LogP contribution in [0.1, 0.15) is 81.0 Å². The first-order valence-corrected chi connectivity index (χ1v) is 15.8. The van der Waals surface area contributed by atoms with Gasteiger partial charge in [-0.2, -0.15) is 0 Å². The number of nitrogens with zero attached hydrogens (tertiary/aromatic N) is 1. The molecule has 2 nitrogen and oxygen atoms in total. The molecule has 41 heavy (non-hydrogen) atoms. The maximum Gasteiger partial charge on any atom is 0.0958 e. The highest BCUT2D eigenvalue weighted by Gasteiger charge is 2.42. The van der Waals surface area contributed by atoms with E-state index in [1.165, 1.54) is 41.5 Å². The third-order valence-electron chi connectivity index (χ3n) is 9.30. The Labute approximate surface area is 248 Å². The number of unbranched alkanes of at least 4 members (excludes halogenated alkanes) is 3. The van der Waals surface area contributed by atoms with Gasteiger partial charge >= 0.3 is 0 Å². The van der Waals surface area contributed by atoms with Crippen molar-refractivity contribution < 1.29 is 4.74 Å². The van der Waals surface area contributed by atoms with Gasteiger partial charge in [0.15, 0.2) is 0 Å². The Hall–Kier alpha value is -3.20. The Kier molecular flexibility index (Phi) is 10.1. The minimum absolute atomic E-state index is 0.196. The van der Waals surface area contributed by atoms with Gasteiger partial charge in [-0.1, -0.05) is 148 Å². The molecule has 5 rings (SSSR count). The van der Waals surface area contributed by atoms with E-state index in [4.69, 9.17) is 4.74 Å². The standard InChI is InChI=1S/C39H47NO/c1-3-4-5-18-31-41-38(34-19-10-6-11-20-34)27-29-40(33(2)32-38)30-28-39(35-21-12-7-13-22-35,36-23-14-8-15-24-36)37-25-16-9-17-26-37/h6-17,19-26,33H,3-5,18,27-32H2,1-2H3. The molecule has 1 aliphatic rings. The lowest BCUT2D eigenvalue weighted by atomic mass is 9.67. The summed E-state index contributed by atoms with van der Waals surface area (Å²) in [7, 11) is 0. The lowest BCUT2D eigenvalue weighted by Gasteiger charge is -2.47. The van der Waals surface area contributed by atoms with E-state index in [2.05, 4.69) is 140 Å². The first-order chi connectivity index (χ1) is 20.2. The van der Waals surface area contributed by atoms with Gasteiger partial charge < -0.3 is 9.64 Å². The van der Waals surface area contributed by atoms with E-state index < -0.39 is 0 Å². The van der Waals surface area contributed by atoms with Gasteiger partial charge in [0, 0.05) is 24.6 Å². The molecule has 1 aliphatic heterocycles. The number of likely N-dealkylation sites (tertiary alicyclic amines) is 1. The van der Waals surface area contributed by atoms with Gasteiger partial charge in [-0.25, -0.2) is 0 Å². The fraction of sp³-hybridized carbons (Fsp3) is 0.385. The topological polar surface area (TPSA) is 12.5 Å². The molecule has 4 aromatic carbocycles. The van der Waals surface area contributed by atoms with Crippen molar-refractivity contribution in [2.45, 2.75) is 75.9 Å². The van der Waals surface area contributed by atoms with Crippen molar-refractivity contribution in [3.8, 4) is 0 Å². The van der Waals surface area contributed by atoms with Crippen molar-refractivity contribution in [2.75, 3.05) is 19.7 Å². The number of hydrogen-bond acceptors (Lipinski definition) is 2. The van der Waals surface area contributed by atoms with E-state index >= 15 is 0 Å². The van der Waals surface area contributed by atoms with E-state index in [9.17, 15) is 0 Å². The molecule has 214 valence electrons. The van der Waals surface area contributed by atoms with Crippen LogP contribution in [0.5, 0.6) is 0 Å². The lowest BCUT2D eigenvalue weighted by Crippen LogP contribution is -2.50. The van der Waals surface area contributed by atoms with Gasteiger partial charge in [0.2, 0.25) is 0 Å². The fourth-order valence-electron chi connectivity index (χ4n) is 7.01. The second-order valence-corrected chi connectivity index (χ2v) is 11.9. The van der Waals surface area contributed by atoms with Crippen LogP contribution in [0.15, 0.2) is 121 Å². The number of rotatable bonds is 13. The monoisotopic (exact) mass is 545 g/mol. The highest BCUT2D eigenvalue weighted by molar-refractivity contribution is 5.50. The van der Waals surface area contributed by atoms with Crippen molar-refractivity contribution in [1.29, 1.82) is 0 Å². The molecule has 0 bridgehead atoms. The van der Waals surface area contributed by atoms with E-state index in [0.29, 0.717) is 6.04 Å². The summed E-state index contributed by atoms with van der Waals surface area (Å²) in [4.78, 5) is 2.71. The third kappa shape index (κ3) is 6.66. The predicted molar refractivity (Wildman–Crippen MR) is 172 cm³/mol. The van der Waals surface area contributed by atoms with Crippen LogP contribution < -0.4 is 0 Å². The average Bonchev–Trinajstić information content (AvgIpc) is 3.04. The SMILES string of the molecule is CCCCCCOC1(c2ccccc2)CCN(CCC(c2ccccc2)(c2ccccc2)c2ccccc2)C(C)C1. The third-order valence-corrected chi connectivity index (χ3v) is 9.30. The molecule has 0 radical (unpaired) electrons. The van der Waals surface area contributed by atoms with Crippen molar-refractivity contribution in [2.24, 2.45) is 0 Å². The van der Waals surface area contributed by atoms with Gasteiger partial charge in [0.25, 0.3) is 0 Å². The van der Waals surface area contributed by atoms with Gasteiger partial charge in [-0.05, 0) is 61.4 Å². The van der Waals surface area contributed by atoms with Crippen molar-refractivity contribution in [3.05, 3.63) is 144 Å². The summed E-state index contributed by atoms with van der Waals surface area (Å²) >= 11 is 0. The smallest absolute Gasteiger partial charge is 0.0958 e. The minimum Gasteiger partial charge on any atom is -0.370 e. The number of ether oxygens (including phenoxy) is 1. The van der Waals surface area contributed by atoms with E-state index in [-0.39, 0.29) is 11.0 Å². The van der Waals surface area contributed by atoms with Crippen LogP contribution in [0, 0.1) is 0 Å². The molecule has 1 fully saturated rings. The minimum atomic E-state index is -0.215. The van der Waals surface area contributed by atoms with Crippen LogP contribution in [0.25, 0.3) is 0 Å². The molecule has 2 atom stereocenters. The maximum absolute atomic E-state index is 6.85. The van der Waals surface area contributed by atoms with E-state index in [0.717, 1.165) is 45.4 Å². The highest BCUT2D eigenvalue weighted by atomic mass is 16.5.